The summed E-state index contributed by atoms with van der Waals surface area (Å²) >= 11 is 2.13. The van der Waals surface area contributed by atoms with Gasteiger partial charge in [0, 0.05) is 21.4 Å². The lowest BCUT2D eigenvalue weighted by molar-refractivity contribution is -0.384. The molecule has 0 aliphatic heterocycles. The minimum atomic E-state index is -4.50. The summed E-state index contributed by atoms with van der Waals surface area (Å²) in [5.74, 6) is 0. The van der Waals surface area contributed by atoms with Gasteiger partial charge in [0.2, 0.25) is 0 Å². The molecule has 0 fully saturated rings. The number of halogens is 1. The molecule has 0 aromatic heterocycles. The Morgan fingerprint density at radius 2 is 1.86 bits per heavy atom. The Bertz CT molecular complexity index is 852. The summed E-state index contributed by atoms with van der Waals surface area (Å²) in [5, 5.41) is 13.7. The van der Waals surface area contributed by atoms with Gasteiger partial charge in [0.05, 0.1) is 10.6 Å². The Hall–Kier alpha value is -1.72. The van der Waals surface area contributed by atoms with Crippen molar-refractivity contribution in [2.24, 2.45) is 0 Å². The van der Waals surface area contributed by atoms with Crippen LogP contribution in [-0.4, -0.2) is 17.9 Å². The van der Waals surface area contributed by atoms with Crippen LogP contribution in [0.2, 0.25) is 0 Å². The summed E-state index contributed by atoms with van der Waals surface area (Å²) < 4.78 is 33.1. The summed E-state index contributed by atoms with van der Waals surface area (Å²) in [7, 11) is -4.50. The standard InChI is InChI=1S/C13H11IN2O5S/c1-8-6-9(14)2-4-11(8)15-12-7-10(16(17)18)3-5-13(12)22(19,20)21/h2-7,15H,1H3,(H,19,20,21). The van der Waals surface area contributed by atoms with Crippen LogP contribution in [0.15, 0.2) is 41.3 Å². The van der Waals surface area contributed by atoms with Gasteiger partial charge in [-0.3, -0.25) is 14.7 Å². The van der Waals surface area contributed by atoms with Gasteiger partial charge in [-0.25, -0.2) is 0 Å². The first kappa shape index (κ1) is 16.6. The topological polar surface area (TPSA) is 110 Å². The molecule has 0 amide bonds. The molecule has 0 heterocycles. The Morgan fingerprint density at radius 1 is 1.18 bits per heavy atom. The van der Waals surface area contributed by atoms with Crippen LogP contribution >= 0.6 is 22.6 Å². The summed E-state index contributed by atoms with van der Waals surface area (Å²) in [4.78, 5) is 9.78. The molecule has 0 atom stereocenters. The summed E-state index contributed by atoms with van der Waals surface area (Å²) in [6.45, 7) is 1.81. The predicted molar refractivity (Wildman–Crippen MR) is 90.1 cm³/mol. The molecule has 0 saturated carbocycles. The SMILES string of the molecule is Cc1cc(I)ccc1Nc1cc([N+](=O)[O-])ccc1S(=O)(=O)O. The predicted octanol–water partition coefficient (Wildman–Crippen LogP) is 3.50. The molecular weight excluding hydrogens is 423 g/mol. The quantitative estimate of drug-likeness (QED) is 0.330. The summed E-state index contributed by atoms with van der Waals surface area (Å²) in [6.07, 6.45) is 0. The van der Waals surface area contributed by atoms with E-state index in [4.69, 9.17) is 0 Å². The molecule has 0 spiro atoms. The average Bonchev–Trinajstić information content (AvgIpc) is 2.40. The second-order valence-corrected chi connectivity index (χ2v) is 7.13. The zero-order valence-electron chi connectivity index (χ0n) is 11.3. The van der Waals surface area contributed by atoms with Crippen LogP contribution in [-0.2, 0) is 10.1 Å². The van der Waals surface area contributed by atoms with Crippen LogP contribution in [0.3, 0.4) is 0 Å². The third-order valence-corrected chi connectivity index (χ3v) is 4.49. The number of nitrogens with one attached hydrogen (secondary N) is 1. The molecule has 2 aromatic carbocycles. The van der Waals surface area contributed by atoms with Crippen molar-refractivity contribution >= 4 is 49.8 Å². The second-order valence-electron chi connectivity index (χ2n) is 4.50. The number of benzene rings is 2. The van der Waals surface area contributed by atoms with E-state index in [9.17, 15) is 23.1 Å². The molecule has 0 unspecified atom stereocenters. The molecule has 2 aromatic rings. The van der Waals surface area contributed by atoms with Gasteiger partial charge in [0.1, 0.15) is 4.90 Å². The van der Waals surface area contributed by atoms with E-state index in [2.05, 4.69) is 27.9 Å². The normalized spacial score (nSPS) is 11.2. The largest absolute Gasteiger partial charge is 0.354 e. The van der Waals surface area contributed by atoms with Crippen LogP contribution in [0.5, 0.6) is 0 Å². The van der Waals surface area contributed by atoms with Gasteiger partial charge in [0.15, 0.2) is 0 Å². The molecule has 0 saturated heterocycles. The maximum absolute atomic E-state index is 11.4. The van der Waals surface area contributed by atoms with Crippen LogP contribution in [0, 0.1) is 20.6 Å². The maximum Gasteiger partial charge on any atom is 0.296 e. The van der Waals surface area contributed by atoms with E-state index in [0.29, 0.717) is 5.69 Å². The van der Waals surface area contributed by atoms with E-state index < -0.39 is 19.9 Å². The first-order valence-corrected chi connectivity index (χ1v) is 8.49. The molecule has 116 valence electrons. The average molecular weight is 434 g/mol. The van der Waals surface area contributed by atoms with Gasteiger partial charge in [-0.05, 0) is 59.3 Å². The highest BCUT2D eigenvalue weighted by Crippen LogP contribution is 2.30. The molecule has 0 aliphatic carbocycles. The number of rotatable bonds is 4. The zero-order chi connectivity index (χ0) is 16.5. The number of nitro groups is 1. The fourth-order valence-electron chi connectivity index (χ4n) is 1.87. The van der Waals surface area contributed by atoms with Crippen LogP contribution in [0.1, 0.15) is 5.56 Å². The molecular formula is C13H11IN2O5S. The number of non-ortho nitro benzene ring substituents is 1. The van der Waals surface area contributed by atoms with Crippen molar-refractivity contribution in [2.45, 2.75) is 11.8 Å². The smallest absolute Gasteiger partial charge is 0.296 e. The lowest BCUT2D eigenvalue weighted by atomic mass is 10.2. The van der Waals surface area contributed by atoms with E-state index in [1.165, 1.54) is 0 Å². The second kappa shape index (κ2) is 6.18. The first-order chi connectivity index (χ1) is 10.2. The van der Waals surface area contributed by atoms with Crippen molar-refractivity contribution in [1.29, 1.82) is 0 Å². The number of aryl methyl sites for hydroxylation is 1. The maximum atomic E-state index is 11.4. The van der Waals surface area contributed by atoms with Crippen LogP contribution in [0.25, 0.3) is 0 Å². The van der Waals surface area contributed by atoms with Gasteiger partial charge >= 0.3 is 0 Å². The Balaban J connectivity index is 2.56. The highest BCUT2D eigenvalue weighted by molar-refractivity contribution is 14.1. The van der Waals surface area contributed by atoms with Crippen molar-refractivity contribution in [3.05, 3.63) is 55.6 Å². The lowest BCUT2D eigenvalue weighted by Crippen LogP contribution is -2.05. The molecule has 0 aliphatic rings. The molecule has 2 rings (SSSR count). The first-order valence-electron chi connectivity index (χ1n) is 5.97. The molecule has 0 bridgehead atoms. The third-order valence-electron chi connectivity index (χ3n) is 2.91. The number of nitrogens with zero attached hydrogens (tertiary/aromatic N) is 1. The lowest BCUT2D eigenvalue weighted by Gasteiger charge is -2.12. The molecule has 7 nitrogen and oxygen atoms in total. The molecule has 0 radical (unpaired) electrons. The van der Waals surface area contributed by atoms with Gasteiger partial charge in [-0.15, -0.1) is 0 Å². The summed E-state index contributed by atoms with van der Waals surface area (Å²) in [6, 6.07) is 8.49. The van der Waals surface area contributed by atoms with Gasteiger partial charge in [0.25, 0.3) is 15.8 Å². The van der Waals surface area contributed by atoms with Crippen molar-refractivity contribution in [3.8, 4) is 0 Å². The van der Waals surface area contributed by atoms with Crippen LogP contribution in [0.4, 0.5) is 17.1 Å². The van der Waals surface area contributed by atoms with Crippen molar-refractivity contribution in [3.63, 3.8) is 0 Å². The Kier molecular flexibility index (Phi) is 4.68. The van der Waals surface area contributed by atoms with E-state index in [0.717, 1.165) is 27.3 Å². The van der Waals surface area contributed by atoms with Gasteiger partial charge < -0.3 is 5.32 Å². The number of anilines is 2. The Morgan fingerprint density at radius 3 is 2.41 bits per heavy atom. The third kappa shape index (κ3) is 3.72. The number of nitro benzene ring substituents is 1. The molecule has 2 N–H and O–H groups in total. The van der Waals surface area contributed by atoms with Crippen LogP contribution < -0.4 is 5.32 Å². The molecule has 9 heteroatoms. The van der Waals surface area contributed by atoms with Crippen molar-refractivity contribution in [1.82, 2.24) is 0 Å². The highest BCUT2D eigenvalue weighted by Gasteiger charge is 2.19. The van der Waals surface area contributed by atoms with E-state index in [1.54, 1.807) is 12.1 Å². The van der Waals surface area contributed by atoms with Crippen molar-refractivity contribution < 1.29 is 17.9 Å². The summed E-state index contributed by atoms with van der Waals surface area (Å²) in [5.41, 5.74) is 1.09. The number of hydrogen-bond donors (Lipinski definition) is 2. The van der Waals surface area contributed by atoms with Gasteiger partial charge in [-0.1, -0.05) is 0 Å². The Labute approximate surface area is 140 Å². The van der Waals surface area contributed by atoms with E-state index in [-0.39, 0.29) is 11.4 Å². The monoisotopic (exact) mass is 434 g/mol. The fraction of sp³-hybridized carbons (Fsp3) is 0.0769. The van der Waals surface area contributed by atoms with E-state index in [1.807, 2.05) is 13.0 Å². The minimum absolute atomic E-state index is 0.0546. The number of hydrogen-bond acceptors (Lipinski definition) is 5. The minimum Gasteiger partial charge on any atom is -0.354 e. The highest BCUT2D eigenvalue weighted by atomic mass is 127. The van der Waals surface area contributed by atoms with E-state index >= 15 is 0 Å². The molecule has 22 heavy (non-hydrogen) atoms. The fourth-order valence-corrected chi connectivity index (χ4v) is 3.14. The zero-order valence-corrected chi connectivity index (χ0v) is 14.3. The van der Waals surface area contributed by atoms with Crippen molar-refractivity contribution in [2.75, 3.05) is 5.32 Å². The van der Waals surface area contributed by atoms with Gasteiger partial charge in [-0.2, -0.15) is 8.42 Å².